The van der Waals surface area contributed by atoms with Crippen molar-refractivity contribution in [3.8, 4) is 0 Å². The number of alkyl halides is 3. The van der Waals surface area contributed by atoms with Crippen LogP contribution in [0.25, 0.3) is 0 Å². The van der Waals surface area contributed by atoms with Crippen LogP contribution in [0.2, 0.25) is 0 Å². The molecule has 1 heterocycles. The Balaban J connectivity index is 2.42. The summed E-state index contributed by atoms with van der Waals surface area (Å²) in [7, 11) is 0. The fraction of sp³-hybridized carbons (Fsp3) is 1.00. The first-order valence-corrected chi connectivity index (χ1v) is 2.57. The van der Waals surface area contributed by atoms with Crippen LogP contribution in [0, 0.1) is 0 Å². The molecular weight excluding hydrogens is 133 g/mol. The third-order valence-corrected chi connectivity index (χ3v) is 1.07. The Morgan fingerprint density at radius 1 is 1.44 bits per heavy atom. The van der Waals surface area contributed by atoms with Gasteiger partial charge in [0.2, 0.25) is 0 Å². The maximum absolute atomic E-state index is 11.6. The van der Waals surface area contributed by atoms with Crippen molar-refractivity contribution in [1.29, 1.82) is 0 Å². The van der Waals surface area contributed by atoms with Crippen LogP contribution in [-0.2, 0) is 0 Å². The Bertz CT molecular complexity index is 94.5. The summed E-state index contributed by atoms with van der Waals surface area (Å²) in [6.45, 7) is 0.606. The van der Waals surface area contributed by atoms with E-state index in [4.69, 9.17) is 0 Å². The van der Waals surface area contributed by atoms with Crippen LogP contribution >= 0.6 is 0 Å². The summed E-state index contributed by atoms with van der Waals surface area (Å²) in [5.41, 5.74) is 0. The van der Waals surface area contributed by atoms with E-state index in [-0.39, 0.29) is 6.54 Å². The molecule has 0 aromatic carbocycles. The first kappa shape index (κ1) is 6.82. The van der Waals surface area contributed by atoms with Gasteiger partial charge in [-0.15, -0.1) is 0 Å². The van der Waals surface area contributed by atoms with Gasteiger partial charge in [0.15, 0.2) is 6.17 Å². The second-order valence-corrected chi connectivity index (χ2v) is 1.80. The van der Waals surface area contributed by atoms with Gasteiger partial charge >= 0.3 is 6.18 Å². The molecule has 0 aromatic heterocycles. The van der Waals surface area contributed by atoms with Gasteiger partial charge in [-0.2, -0.15) is 13.2 Å². The summed E-state index contributed by atoms with van der Waals surface area (Å²) in [5.74, 6) is 0. The van der Waals surface area contributed by atoms with Crippen molar-refractivity contribution in [2.75, 3.05) is 13.1 Å². The SMILES string of the molecule is FC(F)(F)C1[N]CCN1. The van der Waals surface area contributed by atoms with Crippen molar-refractivity contribution >= 4 is 0 Å². The maximum Gasteiger partial charge on any atom is 0.418 e. The van der Waals surface area contributed by atoms with E-state index in [1.807, 2.05) is 0 Å². The summed E-state index contributed by atoms with van der Waals surface area (Å²) in [6.07, 6.45) is -5.81. The van der Waals surface area contributed by atoms with Gasteiger partial charge in [-0.3, -0.25) is 5.32 Å². The molecule has 1 atom stereocenters. The maximum atomic E-state index is 11.6. The van der Waals surface area contributed by atoms with Crippen molar-refractivity contribution in [2.45, 2.75) is 12.3 Å². The topological polar surface area (TPSA) is 26.1 Å². The molecule has 1 rings (SSSR count). The van der Waals surface area contributed by atoms with Gasteiger partial charge in [-0.25, -0.2) is 5.32 Å². The highest BCUT2D eigenvalue weighted by Crippen LogP contribution is 2.19. The number of nitrogens with one attached hydrogen (secondary N) is 1. The van der Waals surface area contributed by atoms with Crippen molar-refractivity contribution in [3.63, 3.8) is 0 Å². The van der Waals surface area contributed by atoms with Crippen LogP contribution in [0.4, 0.5) is 13.2 Å². The lowest BCUT2D eigenvalue weighted by atomic mass is 10.5. The third-order valence-electron chi connectivity index (χ3n) is 1.07. The summed E-state index contributed by atoms with van der Waals surface area (Å²) in [6, 6.07) is 0. The Morgan fingerprint density at radius 2 is 2.11 bits per heavy atom. The molecule has 0 saturated carbocycles. The lowest BCUT2D eigenvalue weighted by molar-refractivity contribution is -0.157. The van der Waals surface area contributed by atoms with Crippen LogP contribution in [-0.4, -0.2) is 25.4 Å². The molecule has 1 aliphatic heterocycles. The zero-order valence-electron chi connectivity index (χ0n) is 4.57. The molecule has 1 fully saturated rings. The molecule has 1 saturated heterocycles. The molecule has 53 valence electrons. The quantitative estimate of drug-likeness (QED) is 0.505. The van der Waals surface area contributed by atoms with Crippen molar-refractivity contribution in [2.24, 2.45) is 0 Å². The van der Waals surface area contributed by atoms with Gasteiger partial charge in [-0.05, 0) is 0 Å². The first-order valence-electron chi connectivity index (χ1n) is 2.57. The average Bonchev–Trinajstić information content (AvgIpc) is 2.08. The van der Waals surface area contributed by atoms with Gasteiger partial charge in [-0.1, -0.05) is 0 Å². The molecule has 0 spiro atoms. The molecule has 9 heavy (non-hydrogen) atoms. The summed E-state index contributed by atoms with van der Waals surface area (Å²) in [4.78, 5) is 0. The van der Waals surface area contributed by atoms with E-state index in [9.17, 15) is 13.2 Å². The molecular formula is C4H6F3N2. The Hall–Kier alpha value is -0.290. The number of hydrogen-bond donors (Lipinski definition) is 1. The van der Waals surface area contributed by atoms with Gasteiger partial charge in [0.1, 0.15) is 0 Å². The smallest absolute Gasteiger partial charge is 0.292 e. The molecule has 1 N–H and O–H groups in total. The fourth-order valence-corrected chi connectivity index (χ4v) is 0.679. The van der Waals surface area contributed by atoms with Gasteiger partial charge < -0.3 is 0 Å². The van der Waals surface area contributed by atoms with Gasteiger partial charge in [0.05, 0.1) is 0 Å². The monoisotopic (exact) mass is 139 g/mol. The lowest BCUT2D eigenvalue weighted by Crippen LogP contribution is -2.41. The van der Waals surface area contributed by atoms with E-state index in [0.717, 1.165) is 0 Å². The van der Waals surface area contributed by atoms with E-state index < -0.39 is 12.3 Å². The zero-order valence-corrected chi connectivity index (χ0v) is 4.57. The second kappa shape index (κ2) is 2.15. The van der Waals surface area contributed by atoms with Crippen molar-refractivity contribution < 1.29 is 13.2 Å². The highest BCUT2D eigenvalue weighted by Gasteiger charge is 2.41. The normalized spacial score (nSPS) is 23.0. The van der Waals surface area contributed by atoms with E-state index in [0.29, 0.717) is 6.54 Å². The summed E-state index contributed by atoms with van der Waals surface area (Å²) >= 11 is 0. The van der Waals surface area contributed by atoms with Crippen LogP contribution in [0.1, 0.15) is 0 Å². The Kier molecular flexibility index (Phi) is 1.63. The van der Waals surface area contributed by atoms with Crippen LogP contribution in [0.15, 0.2) is 0 Å². The predicted octanol–water partition coefficient (Wildman–Crippen LogP) is 0.0824. The van der Waals surface area contributed by atoms with Crippen molar-refractivity contribution in [3.05, 3.63) is 0 Å². The van der Waals surface area contributed by atoms with E-state index in [1.54, 1.807) is 0 Å². The molecule has 2 nitrogen and oxygen atoms in total. The van der Waals surface area contributed by atoms with Crippen LogP contribution in [0.3, 0.4) is 0 Å². The molecule has 5 heteroatoms. The number of hydrogen-bond acceptors (Lipinski definition) is 1. The largest absolute Gasteiger partial charge is 0.418 e. The highest BCUT2D eigenvalue weighted by molar-refractivity contribution is 4.78. The Labute approximate surface area is 50.4 Å². The molecule has 0 aromatic rings. The first-order chi connectivity index (χ1) is 4.11. The Morgan fingerprint density at radius 3 is 2.33 bits per heavy atom. The van der Waals surface area contributed by atoms with Crippen LogP contribution < -0.4 is 10.6 Å². The second-order valence-electron chi connectivity index (χ2n) is 1.80. The highest BCUT2D eigenvalue weighted by atomic mass is 19.4. The standard InChI is InChI=1S/C4H6F3N2/c5-4(6,7)3-8-1-2-9-3/h3,8H,1-2H2. The van der Waals surface area contributed by atoms with Gasteiger partial charge in [0.25, 0.3) is 0 Å². The van der Waals surface area contributed by atoms with E-state index in [2.05, 4.69) is 10.6 Å². The van der Waals surface area contributed by atoms with E-state index >= 15 is 0 Å². The minimum atomic E-state index is -4.20. The molecule has 1 unspecified atom stereocenters. The molecule has 0 amide bonds. The zero-order chi connectivity index (χ0) is 6.91. The minimum absolute atomic E-state index is 0.268. The number of rotatable bonds is 0. The third kappa shape index (κ3) is 1.56. The predicted molar refractivity (Wildman–Crippen MR) is 24.8 cm³/mol. The number of halogens is 3. The van der Waals surface area contributed by atoms with E-state index in [1.165, 1.54) is 0 Å². The molecule has 0 bridgehead atoms. The molecule has 1 radical (unpaired) electrons. The summed E-state index contributed by atoms with van der Waals surface area (Å²) < 4.78 is 34.8. The fourth-order valence-electron chi connectivity index (χ4n) is 0.679. The molecule has 0 aliphatic carbocycles. The minimum Gasteiger partial charge on any atom is -0.292 e. The van der Waals surface area contributed by atoms with Crippen LogP contribution in [0.5, 0.6) is 0 Å². The summed E-state index contributed by atoms with van der Waals surface area (Å²) in [5, 5.41) is 5.48. The van der Waals surface area contributed by atoms with Crippen molar-refractivity contribution in [1.82, 2.24) is 10.6 Å². The van der Waals surface area contributed by atoms with Gasteiger partial charge in [0, 0.05) is 13.1 Å². The lowest BCUT2D eigenvalue weighted by Gasteiger charge is -2.12. The molecule has 1 aliphatic rings. The average molecular weight is 139 g/mol. The number of nitrogens with zero attached hydrogens (tertiary/aromatic N) is 1.